The Bertz CT molecular complexity index is 1910. The van der Waals surface area contributed by atoms with Gasteiger partial charge in [-0.3, -0.25) is 4.79 Å². The molecule has 0 radical (unpaired) electrons. The Balaban J connectivity index is 0.000000196. The average molecular weight is 673 g/mol. The molecule has 2 aliphatic heterocycles. The summed E-state index contributed by atoms with van der Waals surface area (Å²) in [5.74, 6) is 1.74. The summed E-state index contributed by atoms with van der Waals surface area (Å²) in [7, 11) is 1.61. The number of piperidine rings is 2. The van der Waals surface area contributed by atoms with Crippen molar-refractivity contribution in [1.82, 2.24) is 20.5 Å². The molecule has 11 heteroatoms. The molecule has 2 fully saturated rings. The summed E-state index contributed by atoms with van der Waals surface area (Å²) in [6.45, 7) is 5.57. The molecule has 1 N–H and O–H groups in total. The maximum Gasteiger partial charge on any atom is 0.170 e. The molecule has 3 aromatic carbocycles. The number of aromatic nitrogens is 2. The van der Waals surface area contributed by atoms with Gasteiger partial charge < -0.3 is 28.7 Å². The first kappa shape index (κ1) is 33.2. The first-order chi connectivity index (χ1) is 24.0. The number of rotatable bonds is 8. The smallest absolute Gasteiger partial charge is 0.170 e. The molecule has 4 heterocycles. The molecule has 3 aliphatic rings. The van der Waals surface area contributed by atoms with E-state index in [9.17, 15) is 13.6 Å². The summed E-state index contributed by atoms with van der Waals surface area (Å²) < 4.78 is 48.4. The van der Waals surface area contributed by atoms with E-state index in [2.05, 4.69) is 20.5 Å². The highest BCUT2D eigenvalue weighted by molar-refractivity contribution is 5.99. The van der Waals surface area contributed by atoms with Gasteiger partial charge in [-0.15, -0.1) is 0 Å². The van der Waals surface area contributed by atoms with Crippen LogP contribution in [0.3, 0.4) is 0 Å². The first-order valence-electron chi connectivity index (χ1n) is 17.4. The van der Waals surface area contributed by atoms with Crippen LogP contribution >= 0.6 is 0 Å². The molecule has 5 aromatic rings. The minimum absolute atomic E-state index is 0.190. The maximum atomic E-state index is 13.4. The number of fused-ring (bicyclic) bond motifs is 3. The van der Waals surface area contributed by atoms with E-state index in [1.54, 1.807) is 19.2 Å². The fourth-order valence-corrected chi connectivity index (χ4v) is 7.36. The highest BCUT2D eigenvalue weighted by Crippen LogP contribution is 2.36. The highest BCUT2D eigenvalue weighted by Gasteiger charge is 2.26. The van der Waals surface area contributed by atoms with Crippen molar-refractivity contribution in [3.05, 3.63) is 82.7 Å². The molecule has 0 amide bonds. The Kier molecular flexibility index (Phi) is 10.2. The number of carbonyl (C=O) groups is 1. The fourth-order valence-electron chi connectivity index (χ4n) is 7.36. The standard InChI is InChI=1S/C26H29FN2O4.C12H13FN2O/c1-31-24-16-21-18(4-2-5-22(21)30)14-25(24)32-13-3-10-29-11-8-17(9-12-29)26-20-7-6-19(27)15-23(20)33-28-26;13-9-1-2-10-11(7-9)16-15-12(10)8-3-5-14-6-4-8/h6-7,14-17H,2-5,8-13H2,1H3;1-2,7-8,14H,3-6H2. The predicted octanol–water partition coefficient (Wildman–Crippen LogP) is 7.58. The molecule has 0 spiro atoms. The van der Waals surface area contributed by atoms with E-state index in [0.717, 1.165) is 117 Å². The Hall–Kier alpha value is -4.35. The largest absolute Gasteiger partial charge is 0.493 e. The number of hydrogen-bond acceptors (Lipinski definition) is 9. The van der Waals surface area contributed by atoms with Gasteiger partial charge in [-0.2, -0.15) is 0 Å². The van der Waals surface area contributed by atoms with Gasteiger partial charge >= 0.3 is 0 Å². The molecule has 0 unspecified atom stereocenters. The summed E-state index contributed by atoms with van der Waals surface area (Å²) >= 11 is 0. The van der Waals surface area contributed by atoms with Gasteiger partial charge in [0.25, 0.3) is 0 Å². The molecule has 258 valence electrons. The summed E-state index contributed by atoms with van der Waals surface area (Å²) in [6, 6.07) is 13.1. The molecule has 49 heavy (non-hydrogen) atoms. The van der Waals surface area contributed by atoms with Crippen LogP contribution in [-0.2, 0) is 6.42 Å². The number of methoxy groups -OCH3 is 1. The number of carbonyl (C=O) groups excluding carboxylic acids is 1. The van der Waals surface area contributed by atoms with E-state index >= 15 is 0 Å². The number of likely N-dealkylation sites (tertiary alicyclic amines) is 1. The van der Waals surface area contributed by atoms with Crippen molar-refractivity contribution in [3.8, 4) is 11.5 Å². The Morgan fingerprint density at radius 1 is 0.837 bits per heavy atom. The first-order valence-corrected chi connectivity index (χ1v) is 17.4. The third-order valence-corrected chi connectivity index (χ3v) is 10.0. The molecule has 0 atom stereocenters. The van der Waals surface area contributed by atoms with Crippen molar-refractivity contribution in [1.29, 1.82) is 0 Å². The SMILES string of the molecule is COc1cc2c(cc1OCCCN1CCC(c3noc4cc(F)ccc34)CC1)CCCC2=O.Fc1ccc2c(C3CCNCC3)noc2c1. The van der Waals surface area contributed by atoms with E-state index in [0.29, 0.717) is 41.8 Å². The van der Waals surface area contributed by atoms with Crippen molar-refractivity contribution in [2.24, 2.45) is 0 Å². The predicted molar refractivity (Wildman–Crippen MR) is 182 cm³/mol. The lowest BCUT2D eigenvalue weighted by molar-refractivity contribution is 0.0972. The lowest BCUT2D eigenvalue weighted by Gasteiger charge is -2.31. The Labute approximate surface area is 283 Å². The van der Waals surface area contributed by atoms with Gasteiger partial charge in [0.1, 0.15) is 11.6 Å². The van der Waals surface area contributed by atoms with Crippen LogP contribution in [0.1, 0.15) is 84.1 Å². The lowest BCUT2D eigenvalue weighted by atomic mass is 9.90. The van der Waals surface area contributed by atoms with Gasteiger partial charge in [-0.05, 0) is 113 Å². The molecule has 8 rings (SSSR count). The molecular weight excluding hydrogens is 630 g/mol. The van der Waals surface area contributed by atoms with E-state index in [-0.39, 0.29) is 17.4 Å². The van der Waals surface area contributed by atoms with Gasteiger partial charge in [0.2, 0.25) is 0 Å². The number of nitrogens with one attached hydrogen (secondary N) is 1. The van der Waals surface area contributed by atoms with Gasteiger partial charge in [0.15, 0.2) is 28.4 Å². The third kappa shape index (κ3) is 7.47. The topological polar surface area (TPSA) is 103 Å². The molecule has 2 aromatic heterocycles. The van der Waals surface area contributed by atoms with Crippen LogP contribution in [0.15, 0.2) is 57.6 Å². The molecule has 0 saturated carbocycles. The van der Waals surface area contributed by atoms with Crippen LogP contribution in [0.25, 0.3) is 21.9 Å². The van der Waals surface area contributed by atoms with E-state index in [4.69, 9.17) is 18.5 Å². The van der Waals surface area contributed by atoms with Gasteiger partial charge in [0.05, 0.1) is 25.1 Å². The number of hydrogen-bond donors (Lipinski definition) is 1. The number of ketones is 1. The van der Waals surface area contributed by atoms with Crippen LogP contribution in [0.4, 0.5) is 8.78 Å². The second-order valence-electron chi connectivity index (χ2n) is 13.2. The summed E-state index contributed by atoms with van der Waals surface area (Å²) in [6.07, 6.45) is 7.48. The lowest BCUT2D eigenvalue weighted by Crippen LogP contribution is -2.34. The third-order valence-electron chi connectivity index (χ3n) is 10.0. The minimum atomic E-state index is -0.302. The molecule has 1 aliphatic carbocycles. The zero-order chi connectivity index (χ0) is 33.7. The zero-order valence-corrected chi connectivity index (χ0v) is 27.8. The maximum absolute atomic E-state index is 13.4. The number of aryl methyl sites for hydroxylation is 1. The Morgan fingerprint density at radius 3 is 2.10 bits per heavy atom. The number of benzene rings is 3. The van der Waals surface area contributed by atoms with Crippen molar-refractivity contribution >= 4 is 27.7 Å². The highest BCUT2D eigenvalue weighted by atomic mass is 19.1. The molecular formula is C38H42F2N4O5. The van der Waals surface area contributed by atoms with Crippen molar-refractivity contribution in [2.75, 3.05) is 46.4 Å². The van der Waals surface area contributed by atoms with Crippen molar-refractivity contribution < 1.29 is 32.1 Å². The average Bonchev–Trinajstić information content (AvgIpc) is 3.75. The van der Waals surface area contributed by atoms with Crippen LogP contribution in [0.5, 0.6) is 11.5 Å². The fraction of sp³-hybridized carbons (Fsp3) is 0.447. The summed E-state index contributed by atoms with van der Waals surface area (Å²) in [5.41, 5.74) is 4.84. The van der Waals surface area contributed by atoms with Crippen LogP contribution in [0.2, 0.25) is 0 Å². The van der Waals surface area contributed by atoms with E-state index in [1.165, 1.54) is 24.3 Å². The summed E-state index contributed by atoms with van der Waals surface area (Å²) in [4.78, 5) is 14.6. The number of ether oxygens (including phenoxy) is 2. The van der Waals surface area contributed by atoms with Crippen LogP contribution in [0, 0.1) is 11.6 Å². The van der Waals surface area contributed by atoms with Crippen LogP contribution < -0.4 is 14.8 Å². The zero-order valence-electron chi connectivity index (χ0n) is 27.8. The Morgan fingerprint density at radius 2 is 1.47 bits per heavy atom. The van der Waals surface area contributed by atoms with E-state index < -0.39 is 0 Å². The quantitative estimate of drug-likeness (QED) is 0.167. The van der Waals surface area contributed by atoms with Crippen LogP contribution in [-0.4, -0.2) is 67.4 Å². The van der Waals surface area contributed by atoms with Gasteiger partial charge in [0, 0.05) is 53.3 Å². The minimum Gasteiger partial charge on any atom is -0.493 e. The number of Topliss-reactive ketones (excluding diaryl/α,β-unsaturated/α-hetero) is 1. The molecule has 0 bridgehead atoms. The second kappa shape index (κ2) is 15.0. The van der Waals surface area contributed by atoms with E-state index in [1.807, 2.05) is 12.1 Å². The monoisotopic (exact) mass is 672 g/mol. The van der Waals surface area contributed by atoms with Crippen molar-refractivity contribution in [3.63, 3.8) is 0 Å². The summed E-state index contributed by atoms with van der Waals surface area (Å²) in [5, 5.41) is 13.5. The molecule has 2 saturated heterocycles. The number of halogens is 2. The second-order valence-corrected chi connectivity index (χ2v) is 13.2. The molecule has 9 nitrogen and oxygen atoms in total. The van der Waals surface area contributed by atoms with Gasteiger partial charge in [-0.25, -0.2) is 8.78 Å². The normalized spacial score (nSPS) is 17.6. The number of nitrogens with zero attached hydrogens (tertiary/aromatic N) is 3. The van der Waals surface area contributed by atoms with Gasteiger partial charge in [-0.1, -0.05) is 10.3 Å². The van der Waals surface area contributed by atoms with Crippen molar-refractivity contribution in [2.45, 2.75) is 63.2 Å².